The maximum Gasteiger partial charge on any atom is 0.234 e. The SMILES string of the molecule is Cc1ccc(NC(=O)CSc2nnc(-c3ccoc3C)n2CC(C)C)c(C)c1. The first-order valence-corrected chi connectivity index (χ1v) is 10.3. The largest absolute Gasteiger partial charge is 0.469 e. The van der Waals surface area contributed by atoms with Crippen LogP contribution in [-0.2, 0) is 11.3 Å². The standard InChI is InChI=1S/C21H26N4O2S/c1-13(2)11-25-20(17-8-9-27-16(17)5)23-24-21(25)28-12-19(26)22-18-7-6-14(3)10-15(18)4/h6-10,13H,11-12H2,1-5H3,(H,22,26). The van der Waals surface area contributed by atoms with Gasteiger partial charge >= 0.3 is 0 Å². The summed E-state index contributed by atoms with van der Waals surface area (Å²) in [4.78, 5) is 12.4. The van der Waals surface area contributed by atoms with Crippen LogP contribution in [0.15, 0.2) is 40.1 Å². The van der Waals surface area contributed by atoms with E-state index < -0.39 is 0 Å². The second kappa shape index (κ2) is 8.65. The van der Waals surface area contributed by atoms with Gasteiger partial charge in [-0.05, 0) is 44.4 Å². The van der Waals surface area contributed by atoms with Crippen LogP contribution in [-0.4, -0.2) is 26.4 Å². The van der Waals surface area contributed by atoms with Crippen molar-refractivity contribution in [2.75, 3.05) is 11.1 Å². The third-order valence-corrected chi connectivity index (χ3v) is 5.32. The highest BCUT2D eigenvalue weighted by Gasteiger charge is 2.19. The van der Waals surface area contributed by atoms with Gasteiger partial charge < -0.3 is 14.3 Å². The zero-order valence-electron chi connectivity index (χ0n) is 16.9. The Balaban J connectivity index is 1.74. The fourth-order valence-electron chi connectivity index (χ4n) is 3.01. The van der Waals surface area contributed by atoms with Crippen LogP contribution < -0.4 is 5.32 Å². The van der Waals surface area contributed by atoms with E-state index in [1.165, 1.54) is 17.3 Å². The molecule has 0 spiro atoms. The van der Waals surface area contributed by atoms with Crippen molar-refractivity contribution in [2.45, 2.75) is 46.3 Å². The number of benzene rings is 1. The fraction of sp³-hybridized carbons (Fsp3) is 0.381. The number of hydrogen-bond acceptors (Lipinski definition) is 5. The average Bonchev–Trinajstić information content (AvgIpc) is 3.21. The molecule has 148 valence electrons. The van der Waals surface area contributed by atoms with E-state index in [4.69, 9.17) is 4.42 Å². The molecule has 6 nitrogen and oxygen atoms in total. The van der Waals surface area contributed by atoms with Gasteiger partial charge in [0.15, 0.2) is 11.0 Å². The predicted molar refractivity (Wildman–Crippen MR) is 113 cm³/mol. The van der Waals surface area contributed by atoms with Crippen molar-refractivity contribution in [3.8, 4) is 11.4 Å². The molecule has 0 radical (unpaired) electrons. The molecule has 0 aliphatic rings. The molecule has 0 unspecified atom stereocenters. The van der Waals surface area contributed by atoms with Crippen molar-refractivity contribution in [1.82, 2.24) is 14.8 Å². The van der Waals surface area contributed by atoms with Gasteiger partial charge in [-0.2, -0.15) is 0 Å². The van der Waals surface area contributed by atoms with Crippen LogP contribution in [0, 0.1) is 26.7 Å². The molecular formula is C21H26N4O2S. The molecule has 0 fully saturated rings. The Kier molecular flexibility index (Phi) is 6.24. The summed E-state index contributed by atoms with van der Waals surface area (Å²) in [6.45, 7) is 11.0. The number of amides is 1. The molecule has 2 aromatic heterocycles. The number of hydrogen-bond donors (Lipinski definition) is 1. The van der Waals surface area contributed by atoms with E-state index in [1.807, 2.05) is 39.0 Å². The summed E-state index contributed by atoms with van der Waals surface area (Å²) >= 11 is 1.40. The van der Waals surface area contributed by atoms with Crippen LogP contribution in [0.5, 0.6) is 0 Å². The van der Waals surface area contributed by atoms with E-state index in [1.54, 1.807) is 6.26 Å². The maximum atomic E-state index is 12.4. The topological polar surface area (TPSA) is 73.0 Å². The number of thioether (sulfide) groups is 1. The number of carbonyl (C=O) groups is 1. The Morgan fingerprint density at radius 3 is 2.64 bits per heavy atom. The molecule has 3 rings (SSSR count). The molecule has 0 saturated carbocycles. The maximum absolute atomic E-state index is 12.4. The Hall–Kier alpha value is -2.54. The zero-order chi connectivity index (χ0) is 20.3. The number of aryl methyl sites for hydroxylation is 3. The normalized spacial score (nSPS) is 11.2. The third kappa shape index (κ3) is 4.65. The van der Waals surface area contributed by atoms with Gasteiger partial charge in [-0.1, -0.05) is 43.3 Å². The Morgan fingerprint density at radius 2 is 2.00 bits per heavy atom. The van der Waals surface area contributed by atoms with Crippen LogP contribution in [0.4, 0.5) is 5.69 Å². The van der Waals surface area contributed by atoms with Gasteiger partial charge in [0.05, 0.1) is 17.6 Å². The van der Waals surface area contributed by atoms with Gasteiger partial charge in [0.1, 0.15) is 5.76 Å². The lowest BCUT2D eigenvalue weighted by molar-refractivity contribution is -0.113. The average molecular weight is 399 g/mol. The molecule has 1 amide bonds. The van der Waals surface area contributed by atoms with Crippen LogP contribution in [0.3, 0.4) is 0 Å². The summed E-state index contributed by atoms with van der Waals surface area (Å²) in [6, 6.07) is 7.89. The number of carbonyl (C=O) groups excluding carboxylic acids is 1. The van der Waals surface area contributed by atoms with Crippen molar-refractivity contribution >= 4 is 23.4 Å². The van der Waals surface area contributed by atoms with E-state index in [0.29, 0.717) is 5.92 Å². The van der Waals surface area contributed by atoms with Crippen LogP contribution in [0.25, 0.3) is 11.4 Å². The summed E-state index contributed by atoms with van der Waals surface area (Å²) in [7, 11) is 0. The molecule has 0 bridgehead atoms. The Labute approximate surface area is 169 Å². The third-order valence-electron chi connectivity index (χ3n) is 4.35. The predicted octanol–water partition coefficient (Wildman–Crippen LogP) is 4.85. The monoisotopic (exact) mass is 398 g/mol. The Bertz CT molecular complexity index is 975. The first kappa shape index (κ1) is 20.2. The number of furan rings is 1. The number of nitrogens with zero attached hydrogens (tertiary/aromatic N) is 3. The minimum Gasteiger partial charge on any atom is -0.469 e. The summed E-state index contributed by atoms with van der Waals surface area (Å²) < 4.78 is 7.49. The minimum absolute atomic E-state index is 0.0582. The lowest BCUT2D eigenvalue weighted by atomic mass is 10.1. The highest BCUT2D eigenvalue weighted by Crippen LogP contribution is 2.28. The number of anilines is 1. The minimum atomic E-state index is -0.0582. The van der Waals surface area contributed by atoms with Crippen LogP contribution >= 0.6 is 11.8 Å². The molecule has 0 aliphatic carbocycles. The molecule has 0 atom stereocenters. The van der Waals surface area contributed by atoms with Crippen LogP contribution in [0.2, 0.25) is 0 Å². The molecule has 2 heterocycles. The number of rotatable bonds is 7. The van der Waals surface area contributed by atoms with E-state index in [0.717, 1.165) is 40.1 Å². The van der Waals surface area contributed by atoms with Crippen molar-refractivity contribution in [2.24, 2.45) is 5.92 Å². The smallest absolute Gasteiger partial charge is 0.234 e. The summed E-state index contributed by atoms with van der Waals surface area (Å²) in [6.07, 6.45) is 1.66. The van der Waals surface area contributed by atoms with Crippen molar-refractivity contribution in [3.05, 3.63) is 47.4 Å². The van der Waals surface area contributed by atoms with Crippen LogP contribution in [0.1, 0.15) is 30.7 Å². The van der Waals surface area contributed by atoms with Gasteiger partial charge in [-0.3, -0.25) is 4.79 Å². The second-order valence-corrected chi connectivity index (χ2v) is 8.30. The first-order chi connectivity index (χ1) is 13.3. The van der Waals surface area contributed by atoms with Gasteiger partial charge in [0.25, 0.3) is 0 Å². The van der Waals surface area contributed by atoms with Gasteiger partial charge in [0.2, 0.25) is 5.91 Å². The highest BCUT2D eigenvalue weighted by atomic mass is 32.2. The van der Waals surface area contributed by atoms with E-state index in [9.17, 15) is 4.79 Å². The second-order valence-electron chi connectivity index (χ2n) is 7.36. The molecule has 1 aromatic carbocycles. The van der Waals surface area contributed by atoms with Gasteiger partial charge in [-0.15, -0.1) is 10.2 Å². The number of nitrogens with one attached hydrogen (secondary N) is 1. The quantitative estimate of drug-likeness (QED) is 0.576. The van der Waals surface area contributed by atoms with E-state index in [2.05, 4.69) is 40.0 Å². The molecule has 28 heavy (non-hydrogen) atoms. The van der Waals surface area contributed by atoms with Crippen molar-refractivity contribution in [1.29, 1.82) is 0 Å². The lowest BCUT2D eigenvalue weighted by Gasteiger charge is -2.12. The molecule has 0 aliphatic heterocycles. The van der Waals surface area contributed by atoms with Gasteiger partial charge in [-0.25, -0.2) is 0 Å². The fourth-order valence-corrected chi connectivity index (χ4v) is 3.76. The van der Waals surface area contributed by atoms with Crippen molar-refractivity contribution < 1.29 is 9.21 Å². The number of aromatic nitrogens is 3. The summed E-state index contributed by atoms with van der Waals surface area (Å²) in [5, 5.41) is 12.4. The summed E-state index contributed by atoms with van der Waals surface area (Å²) in [5.74, 6) is 2.22. The Morgan fingerprint density at radius 1 is 1.21 bits per heavy atom. The zero-order valence-corrected chi connectivity index (χ0v) is 17.8. The molecule has 1 N–H and O–H groups in total. The molecule has 3 aromatic rings. The molecule has 7 heteroatoms. The molecule has 0 saturated heterocycles. The van der Waals surface area contributed by atoms with E-state index >= 15 is 0 Å². The van der Waals surface area contributed by atoms with Crippen molar-refractivity contribution in [3.63, 3.8) is 0 Å². The molecular weight excluding hydrogens is 372 g/mol. The highest BCUT2D eigenvalue weighted by molar-refractivity contribution is 7.99. The lowest BCUT2D eigenvalue weighted by Crippen LogP contribution is -2.16. The summed E-state index contributed by atoms with van der Waals surface area (Å²) in [5.41, 5.74) is 4.00. The van der Waals surface area contributed by atoms with Gasteiger partial charge in [0, 0.05) is 12.2 Å². The first-order valence-electron chi connectivity index (χ1n) is 9.32. The van der Waals surface area contributed by atoms with E-state index in [-0.39, 0.29) is 11.7 Å².